The van der Waals surface area contributed by atoms with Gasteiger partial charge in [-0.15, -0.1) is 0 Å². The largest absolute Gasteiger partial charge is 0.462 e. The summed E-state index contributed by atoms with van der Waals surface area (Å²) in [6.07, 6.45) is 73.5. The van der Waals surface area contributed by atoms with Crippen LogP contribution < -0.4 is 0 Å². The number of carbonyl (C=O) groups is 2. The van der Waals surface area contributed by atoms with Gasteiger partial charge in [-0.3, -0.25) is 9.59 Å². The lowest BCUT2D eigenvalue weighted by Crippen LogP contribution is -2.30. The quantitative estimate of drug-likeness (QED) is 0.0346. The summed E-state index contributed by atoms with van der Waals surface area (Å²) >= 11 is 0. The Hall–Kier alpha value is -2.66. The molecule has 1 atom stereocenters. The monoisotopic (exact) mass is 921 g/mol. The number of ether oxygens (including phenoxy) is 3. The SMILES string of the molecule is CC/C=C\C/C=C\C/C=C\C/C=C\CCCCC(=O)O[C@H](COCCCCCCCCCCCCCCCCCC)COC(=O)CCCCCCCCCCC/C=C\C/C=C\CCCCC. The Balaban J connectivity index is 4.30. The van der Waals surface area contributed by atoms with E-state index < -0.39 is 6.10 Å². The average molecular weight is 922 g/mol. The minimum Gasteiger partial charge on any atom is -0.462 e. The summed E-state index contributed by atoms with van der Waals surface area (Å²) in [5.41, 5.74) is 0. The smallest absolute Gasteiger partial charge is 0.306 e. The average Bonchev–Trinajstić information content (AvgIpc) is 3.32. The molecule has 0 bridgehead atoms. The molecule has 0 radical (unpaired) electrons. The summed E-state index contributed by atoms with van der Waals surface area (Å²) in [6.45, 7) is 7.68. The van der Waals surface area contributed by atoms with Crippen molar-refractivity contribution in [1.29, 1.82) is 0 Å². The first kappa shape index (κ1) is 63.3. The number of rotatable bonds is 52. The molecule has 5 heteroatoms. The Bertz CT molecular complexity index is 1180. The molecule has 0 aromatic heterocycles. The molecule has 0 saturated heterocycles. The van der Waals surface area contributed by atoms with E-state index in [9.17, 15) is 9.59 Å². The third-order valence-electron chi connectivity index (χ3n) is 12.2. The van der Waals surface area contributed by atoms with Gasteiger partial charge in [0.1, 0.15) is 6.61 Å². The molecule has 0 aliphatic heterocycles. The van der Waals surface area contributed by atoms with Gasteiger partial charge < -0.3 is 14.2 Å². The highest BCUT2D eigenvalue weighted by atomic mass is 16.6. The number of carbonyl (C=O) groups excluding carboxylic acids is 2. The van der Waals surface area contributed by atoms with Gasteiger partial charge in [0.25, 0.3) is 0 Å². The fourth-order valence-corrected chi connectivity index (χ4v) is 8.00. The molecular weight excluding hydrogens is 813 g/mol. The minimum absolute atomic E-state index is 0.0669. The van der Waals surface area contributed by atoms with Crippen molar-refractivity contribution in [2.24, 2.45) is 0 Å². The summed E-state index contributed by atoms with van der Waals surface area (Å²) in [7, 11) is 0. The Labute approximate surface area is 410 Å². The Morgan fingerprint density at radius 1 is 0.348 bits per heavy atom. The van der Waals surface area contributed by atoms with Crippen LogP contribution in [0.2, 0.25) is 0 Å². The van der Waals surface area contributed by atoms with Crippen LogP contribution >= 0.6 is 0 Å². The fourth-order valence-electron chi connectivity index (χ4n) is 8.00. The zero-order valence-electron chi connectivity index (χ0n) is 44.0. The van der Waals surface area contributed by atoms with E-state index in [-0.39, 0.29) is 25.2 Å². The van der Waals surface area contributed by atoms with Gasteiger partial charge in [0.2, 0.25) is 0 Å². The fraction of sp³-hybridized carbons (Fsp3) is 0.770. The molecule has 0 spiro atoms. The van der Waals surface area contributed by atoms with Crippen molar-refractivity contribution >= 4 is 11.9 Å². The Morgan fingerprint density at radius 2 is 0.682 bits per heavy atom. The van der Waals surface area contributed by atoms with Crippen LogP contribution in [0.25, 0.3) is 0 Å². The lowest BCUT2D eigenvalue weighted by molar-refractivity contribution is -0.163. The van der Waals surface area contributed by atoms with E-state index in [1.807, 2.05) is 0 Å². The second-order valence-electron chi connectivity index (χ2n) is 18.8. The molecule has 382 valence electrons. The molecule has 0 fully saturated rings. The maximum atomic E-state index is 12.8. The molecular formula is C61H108O5. The van der Waals surface area contributed by atoms with Crippen LogP contribution in [0.1, 0.15) is 278 Å². The third kappa shape index (κ3) is 54.0. The van der Waals surface area contributed by atoms with Gasteiger partial charge in [-0.05, 0) is 89.9 Å². The van der Waals surface area contributed by atoms with E-state index in [0.29, 0.717) is 19.4 Å². The lowest BCUT2D eigenvalue weighted by Gasteiger charge is -2.18. The Morgan fingerprint density at radius 3 is 1.15 bits per heavy atom. The highest BCUT2D eigenvalue weighted by molar-refractivity contribution is 5.70. The zero-order chi connectivity index (χ0) is 47.7. The molecule has 0 aliphatic rings. The van der Waals surface area contributed by atoms with Gasteiger partial charge >= 0.3 is 11.9 Å². The number of esters is 2. The Kier molecular flexibility index (Phi) is 54.4. The first-order valence-corrected chi connectivity index (χ1v) is 28.5. The number of unbranched alkanes of at least 4 members (excludes halogenated alkanes) is 29. The van der Waals surface area contributed by atoms with Crippen molar-refractivity contribution in [2.45, 2.75) is 284 Å². The maximum absolute atomic E-state index is 12.8. The van der Waals surface area contributed by atoms with Crippen LogP contribution in [-0.4, -0.2) is 37.9 Å². The minimum atomic E-state index is -0.560. The lowest BCUT2D eigenvalue weighted by atomic mass is 10.0. The second kappa shape index (κ2) is 56.7. The van der Waals surface area contributed by atoms with E-state index >= 15 is 0 Å². The van der Waals surface area contributed by atoms with E-state index in [4.69, 9.17) is 14.2 Å². The van der Waals surface area contributed by atoms with Crippen molar-refractivity contribution in [1.82, 2.24) is 0 Å². The number of hydrogen-bond donors (Lipinski definition) is 0. The molecule has 66 heavy (non-hydrogen) atoms. The van der Waals surface area contributed by atoms with Gasteiger partial charge in [-0.1, -0.05) is 248 Å². The second-order valence-corrected chi connectivity index (χ2v) is 18.8. The summed E-state index contributed by atoms with van der Waals surface area (Å²) in [5, 5.41) is 0. The van der Waals surface area contributed by atoms with Gasteiger partial charge in [-0.2, -0.15) is 0 Å². The predicted molar refractivity (Wildman–Crippen MR) is 288 cm³/mol. The van der Waals surface area contributed by atoms with Crippen molar-refractivity contribution in [3.63, 3.8) is 0 Å². The predicted octanol–water partition coefficient (Wildman–Crippen LogP) is 19.5. The number of hydrogen-bond acceptors (Lipinski definition) is 5. The van der Waals surface area contributed by atoms with E-state index in [1.165, 1.54) is 161 Å². The van der Waals surface area contributed by atoms with Crippen molar-refractivity contribution in [3.8, 4) is 0 Å². The van der Waals surface area contributed by atoms with E-state index in [0.717, 1.165) is 83.5 Å². The zero-order valence-corrected chi connectivity index (χ0v) is 44.0. The van der Waals surface area contributed by atoms with Gasteiger partial charge in [0.15, 0.2) is 6.10 Å². The van der Waals surface area contributed by atoms with Crippen LogP contribution in [0.3, 0.4) is 0 Å². The first-order chi connectivity index (χ1) is 32.6. The van der Waals surface area contributed by atoms with Crippen molar-refractivity contribution in [2.75, 3.05) is 19.8 Å². The highest BCUT2D eigenvalue weighted by Crippen LogP contribution is 2.15. The normalized spacial score (nSPS) is 12.7. The molecule has 0 N–H and O–H groups in total. The summed E-state index contributed by atoms with van der Waals surface area (Å²) in [5.74, 6) is -0.440. The van der Waals surface area contributed by atoms with Crippen LogP contribution in [-0.2, 0) is 23.8 Å². The molecule has 5 nitrogen and oxygen atoms in total. The molecule has 0 rings (SSSR count). The van der Waals surface area contributed by atoms with Crippen LogP contribution in [0.5, 0.6) is 0 Å². The first-order valence-electron chi connectivity index (χ1n) is 28.5. The third-order valence-corrected chi connectivity index (χ3v) is 12.2. The van der Waals surface area contributed by atoms with E-state index in [2.05, 4.69) is 93.7 Å². The number of allylic oxidation sites excluding steroid dienone is 12. The van der Waals surface area contributed by atoms with Crippen LogP contribution in [0.15, 0.2) is 72.9 Å². The molecule has 0 saturated carbocycles. The van der Waals surface area contributed by atoms with Crippen LogP contribution in [0.4, 0.5) is 0 Å². The van der Waals surface area contributed by atoms with Crippen molar-refractivity contribution in [3.05, 3.63) is 72.9 Å². The topological polar surface area (TPSA) is 61.8 Å². The highest BCUT2D eigenvalue weighted by Gasteiger charge is 2.17. The standard InChI is InChI=1S/C61H108O5/c1-4-7-10-13-16-19-22-25-28-30-31-32-34-36-39-42-45-48-51-54-60(62)65-58-59(57-64-56-53-50-47-44-41-38-35-29-26-23-20-17-14-11-8-5-2)66-61(63)55-52-49-46-43-40-37-33-27-24-21-18-15-12-9-6-3/h9,12,16,18-19,21,25,27-28,33,40,43,59H,4-8,10-11,13-15,17,20,22-24,26,29-32,34-39,41-42,44-58H2,1-3H3/b12-9-,19-16-,21-18-,28-25-,33-27-,43-40-/t59-/m1/s1. The maximum Gasteiger partial charge on any atom is 0.306 e. The summed E-state index contributed by atoms with van der Waals surface area (Å²) in [6, 6.07) is 0. The summed E-state index contributed by atoms with van der Waals surface area (Å²) < 4.78 is 17.4. The molecule has 0 unspecified atom stereocenters. The van der Waals surface area contributed by atoms with Crippen LogP contribution in [0, 0.1) is 0 Å². The van der Waals surface area contributed by atoms with Gasteiger partial charge in [-0.25, -0.2) is 0 Å². The van der Waals surface area contributed by atoms with Gasteiger partial charge in [0.05, 0.1) is 6.61 Å². The summed E-state index contributed by atoms with van der Waals surface area (Å²) in [4.78, 5) is 25.5. The molecule has 0 aliphatic carbocycles. The molecule has 0 amide bonds. The van der Waals surface area contributed by atoms with Crippen molar-refractivity contribution < 1.29 is 23.8 Å². The van der Waals surface area contributed by atoms with E-state index in [1.54, 1.807) is 0 Å². The molecule has 0 aromatic carbocycles. The molecule has 0 aromatic rings. The van der Waals surface area contributed by atoms with Gasteiger partial charge in [0, 0.05) is 19.4 Å². The molecule has 0 heterocycles.